The van der Waals surface area contributed by atoms with Crippen LogP contribution in [-0.2, 0) is 4.74 Å². The van der Waals surface area contributed by atoms with E-state index in [1.165, 1.54) is 52.0 Å². The van der Waals surface area contributed by atoms with Gasteiger partial charge in [-0.15, -0.1) is 0 Å². The maximum absolute atomic E-state index is 5.70. The molecule has 0 bridgehead atoms. The van der Waals surface area contributed by atoms with E-state index in [9.17, 15) is 0 Å². The van der Waals surface area contributed by atoms with Crippen LogP contribution in [0, 0.1) is 5.92 Å². The number of hydrogen-bond donors (Lipinski definition) is 1. The summed E-state index contributed by atoms with van der Waals surface area (Å²) >= 11 is 0. The average molecular weight is 257 g/mol. The van der Waals surface area contributed by atoms with Crippen molar-refractivity contribution in [1.82, 2.24) is 9.80 Å². The zero-order valence-electron chi connectivity index (χ0n) is 12.2. The fourth-order valence-electron chi connectivity index (χ4n) is 2.53. The van der Waals surface area contributed by atoms with Crippen LogP contribution < -0.4 is 5.73 Å². The van der Waals surface area contributed by atoms with Gasteiger partial charge in [0.2, 0.25) is 0 Å². The van der Waals surface area contributed by atoms with Gasteiger partial charge in [-0.2, -0.15) is 0 Å². The van der Waals surface area contributed by atoms with Gasteiger partial charge < -0.3 is 20.3 Å². The summed E-state index contributed by atoms with van der Waals surface area (Å²) < 4.78 is 5.09. The average Bonchev–Trinajstić information content (AvgIpc) is 2.60. The maximum atomic E-state index is 5.70. The summed E-state index contributed by atoms with van der Waals surface area (Å²) in [5.74, 6) is 0.623. The molecule has 0 aromatic heterocycles. The van der Waals surface area contributed by atoms with Crippen molar-refractivity contribution in [2.24, 2.45) is 11.7 Å². The summed E-state index contributed by atoms with van der Waals surface area (Å²) in [5, 5.41) is 0. The van der Waals surface area contributed by atoms with Crippen molar-refractivity contribution in [3.63, 3.8) is 0 Å². The fraction of sp³-hybridized carbons (Fsp3) is 1.00. The molecule has 1 rings (SSSR count). The Morgan fingerprint density at radius 3 is 2.56 bits per heavy atom. The number of methoxy groups -OCH3 is 1. The summed E-state index contributed by atoms with van der Waals surface area (Å²) in [6.07, 6.45) is 3.73. The quantitative estimate of drug-likeness (QED) is 0.659. The van der Waals surface area contributed by atoms with Crippen molar-refractivity contribution in [3.05, 3.63) is 0 Å². The fourth-order valence-corrected chi connectivity index (χ4v) is 2.53. The van der Waals surface area contributed by atoms with Gasteiger partial charge in [0.15, 0.2) is 0 Å². The molecule has 108 valence electrons. The lowest BCUT2D eigenvalue weighted by Crippen LogP contribution is -2.35. The first kappa shape index (κ1) is 15.9. The zero-order valence-corrected chi connectivity index (χ0v) is 12.2. The molecule has 0 aromatic rings. The van der Waals surface area contributed by atoms with Crippen LogP contribution in [0.4, 0.5) is 0 Å². The zero-order chi connectivity index (χ0) is 13.2. The van der Waals surface area contributed by atoms with Crippen molar-refractivity contribution in [2.75, 3.05) is 59.5 Å². The maximum Gasteiger partial charge on any atom is 0.0462 e. The number of unbranched alkanes of at least 4 members (excludes halogenated alkanes) is 1. The van der Waals surface area contributed by atoms with Crippen molar-refractivity contribution in [1.29, 1.82) is 0 Å². The standard InChI is InChI=1S/C14H31N3O/c1-14(12-15)13-17-8-5-7-16(9-10-17)6-3-4-11-18-2/h14H,3-13,15H2,1-2H3. The Bertz CT molecular complexity index is 201. The molecule has 1 saturated heterocycles. The monoisotopic (exact) mass is 257 g/mol. The molecule has 1 aliphatic rings. The van der Waals surface area contributed by atoms with Gasteiger partial charge in [0.25, 0.3) is 0 Å². The van der Waals surface area contributed by atoms with E-state index in [1.54, 1.807) is 7.11 Å². The van der Waals surface area contributed by atoms with Crippen molar-refractivity contribution < 1.29 is 4.74 Å². The highest BCUT2D eigenvalue weighted by atomic mass is 16.5. The van der Waals surface area contributed by atoms with E-state index >= 15 is 0 Å². The van der Waals surface area contributed by atoms with Gasteiger partial charge in [-0.3, -0.25) is 0 Å². The summed E-state index contributed by atoms with van der Waals surface area (Å²) in [7, 11) is 1.78. The molecule has 0 aromatic carbocycles. The Morgan fingerprint density at radius 1 is 1.11 bits per heavy atom. The third-order valence-corrected chi connectivity index (χ3v) is 3.73. The second kappa shape index (κ2) is 9.73. The third kappa shape index (κ3) is 6.69. The lowest BCUT2D eigenvalue weighted by atomic mass is 10.1. The van der Waals surface area contributed by atoms with Gasteiger partial charge in [-0.1, -0.05) is 6.92 Å². The summed E-state index contributed by atoms with van der Waals surface area (Å²) in [5.41, 5.74) is 5.70. The van der Waals surface area contributed by atoms with Crippen LogP contribution in [0.15, 0.2) is 0 Å². The van der Waals surface area contributed by atoms with Crippen LogP contribution in [0.3, 0.4) is 0 Å². The minimum absolute atomic E-state index is 0.623. The van der Waals surface area contributed by atoms with Crippen LogP contribution in [0.25, 0.3) is 0 Å². The van der Waals surface area contributed by atoms with E-state index in [0.717, 1.165) is 19.7 Å². The van der Waals surface area contributed by atoms with Crippen LogP contribution in [0.5, 0.6) is 0 Å². The molecule has 0 spiro atoms. The molecule has 0 radical (unpaired) electrons. The molecular weight excluding hydrogens is 226 g/mol. The van der Waals surface area contributed by atoms with Gasteiger partial charge >= 0.3 is 0 Å². The minimum Gasteiger partial charge on any atom is -0.385 e. The summed E-state index contributed by atoms with van der Waals surface area (Å²) in [6, 6.07) is 0. The first-order valence-electron chi connectivity index (χ1n) is 7.40. The lowest BCUT2D eigenvalue weighted by molar-refractivity contribution is 0.183. The molecule has 18 heavy (non-hydrogen) atoms. The molecule has 1 unspecified atom stereocenters. The van der Waals surface area contributed by atoms with Crippen molar-refractivity contribution in [3.8, 4) is 0 Å². The molecule has 0 aliphatic carbocycles. The molecular formula is C14H31N3O. The van der Waals surface area contributed by atoms with Crippen LogP contribution >= 0.6 is 0 Å². The highest BCUT2D eigenvalue weighted by Gasteiger charge is 2.15. The van der Waals surface area contributed by atoms with Crippen LogP contribution in [0.1, 0.15) is 26.2 Å². The SMILES string of the molecule is COCCCCN1CCCN(CC(C)CN)CC1. The first-order valence-corrected chi connectivity index (χ1v) is 7.40. The normalized spacial score (nSPS) is 20.8. The predicted molar refractivity (Wildman–Crippen MR) is 76.8 cm³/mol. The second-order valence-electron chi connectivity index (χ2n) is 5.54. The highest BCUT2D eigenvalue weighted by Crippen LogP contribution is 2.07. The smallest absolute Gasteiger partial charge is 0.0462 e. The summed E-state index contributed by atoms with van der Waals surface area (Å²) in [6.45, 7) is 11.2. The number of nitrogens with zero attached hydrogens (tertiary/aromatic N) is 2. The lowest BCUT2D eigenvalue weighted by Gasteiger charge is -2.24. The Kier molecular flexibility index (Phi) is 8.59. The molecule has 1 fully saturated rings. The molecule has 2 N–H and O–H groups in total. The van der Waals surface area contributed by atoms with Crippen LogP contribution in [-0.4, -0.2) is 69.3 Å². The van der Waals surface area contributed by atoms with Crippen molar-refractivity contribution >= 4 is 0 Å². The largest absolute Gasteiger partial charge is 0.385 e. The number of ether oxygens (including phenoxy) is 1. The van der Waals surface area contributed by atoms with Gasteiger partial charge in [0.05, 0.1) is 0 Å². The Hall–Kier alpha value is -0.160. The molecule has 0 saturated carbocycles. The van der Waals surface area contributed by atoms with Gasteiger partial charge in [-0.05, 0) is 51.4 Å². The van der Waals surface area contributed by atoms with Crippen molar-refractivity contribution in [2.45, 2.75) is 26.2 Å². The third-order valence-electron chi connectivity index (χ3n) is 3.73. The molecule has 1 atom stereocenters. The van der Waals surface area contributed by atoms with E-state index in [1.807, 2.05) is 0 Å². The number of rotatable bonds is 8. The number of nitrogens with two attached hydrogens (primary N) is 1. The minimum atomic E-state index is 0.623. The highest BCUT2D eigenvalue weighted by molar-refractivity contribution is 4.71. The second-order valence-corrected chi connectivity index (χ2v) is 5.54. The van der Waals surface area contributed by atoms with Gasteiger partial charge in [0.1, 0.15) is 0 Å². The molecule has 4 heteroatoms. The molecule has 4 nitrogen and oxygen atoms in total. The molecule has 1 aliphatic heterocycles. The summed E-state index contributed by atoms with van der Waals surface area (Å²) in [4.78, 5) is 5.18. The van der Waals surface area contributed by atoms with E-state index in [2.05, 4.69) is 16.7 Å². The Balaban J connectivity index is 2.15. The Labute approximate surface area is 112 Å². The van der Waals surface area contributed by atoms with E-state index in [0.29, 0.717) is 5.92 Å². The Morgan fingerprint density at radius 2 is 1.83 bits per heavy atom. The molecule has 0 amide bonds. The van der Waals surface area contributed by atoms with Gasteiger partial charge in [0, 0.05) is 33.4 Å². The topological polar surface area (TPSA) is 41.7 Å². The molecule has 1 heterocycles. The van der Waals surface area contributed by atoms with E-state index in [-0.39, 0.29) is 0 Å². The van der Waals surface area contributed by atoms with Gasteiger partial charge in [-0.25, -0.2) is 0 Å². The first-order chi connectivity index (χ1) is 8.76. The van der Waals surface area contributed by atoms with E-state index < -0.39 is 0 Å². The van der Waals surface area contributed by atoms with E-state index in [4.69, 9.17) is 10.5 Å². The van der Waals surface area contributed by atoms with Crippen LogP contribution in [0.2, 0.25) is 0 Å². The predicted octanol–water partition coefficient (Wildman–Crippen LogP) is 1.02. The number of hydrogen-bond acceptors (Lipinski definition) is 4.